The summed E-state index contributed by atoms with van der Waals surface area (Å²) in [5, 5.41) is 6.87. The van der Waals surface area contributed by atoms with Gasteiger partial charge in [-0.2, -0.15) is 18.3 Å². The number of halogens is 3. The average molecular weight is 380 g/mol. The number of hydrogen-bond acceptors (Lipinski definition) is 5. The normalized spacial score (nSPS) is 11.6. The van der Waals surface area contributed by atoms with Crippen LogP contribution in [0.4, 0.5) is 13.2 Å². The van der Waals surface area contributed by atoms with E-state index in [4.69, 9.17) is 4.74 Å². The molecule has 0 aliphatic heterocycles. The van der Waals surface area contributed by atoms with Gasteiger partial charge in [-0.1, -0.05) is 6.07 Å². The van der Waals surface area contributed by atoms with Gasteiger partial charge in [0.05, 0.1) is 11.1 Å². The van der Waals surface area contributed by atoms with Gasteiger partial charge >= 0.3 is 6.18 Å². The van der Waals surface area contributed by atoms with Crippen LogP contribution in [0.5, 0.6) is 11.5 Å². The number of aromatic nitrogens is 3. The highest BCUT2D eigenvalue weighted by molar-refractivity contribution is 7.97. The van der Waals surface area contributed by atoms with E-state index in [0.29, 0.717) is 23.0 Å². The van der Waals surface area contributed by atoms with Crippen molar-refractivity contribution in [3.8, 4) is 22.9 Å². The predicted octanol–water partition coefficient (Wildman–Crippen LogP) is 4.82. The first kappa shape index (κ1) is 18.3. The van der Waals surface area contributed by atoms with Crippen LogP contribution in [0.2, 0.25) is 0 Å². The zero-order valence-corrected chi connectivity index (χ0v) is 14.7. The molecule has 26 heavy (non-hydrogen) atoms. The van der Waals surface area contributed by atoms with Gasteiger partial charge in [0.1, 0.15) is 17.3 Å². The SMILES string of the molecule is CNSc1ccc(Oc2cccc(C(F)(F)F)c2)c(-c2n[nH]c(C)n2)c1. The van der Waals surface area contributed by atoms with Gasteiger partial charge in [-0.05, 0) is 62.3 Å². The number of ether oxygens (including phenoxy) is 1. The molecule has 2 aromatic carbocycles. The molecule has 0 bridgehead atoms. The number of alkyl halides is 3. The number of H-pyrrole nitrogens is 1. The summed E-state index contributed by atoms with van der Waals surface area (Å²) in [7, 11) is 1.79. The second-order valence-corrected chi connectivity index (χ2v) is 6.42. The lowest BCUT2D eigenvalue weighted by molar-refractivity contribution is -0.137. The fourth-order valence-electron chi connectivity index (χ4n) is 2.28. The summed E-state index contributed by atoms with van der Waals surface area (Å²) in [6.45, 7) is 1.76. The first-order valence-electron chi connectivity index (χ1n) is 7.59. The van der Waals surface area contributed by atoms with Crippen molar-refractivity contribution in [2.45, 2.75) is 18.0 Å². The molecule has 0 aliphatic carbocycles. The van der Waals surface area contributed by atoms with Crippen LogP contribution in [0.1, 0.15) is 11.4 Å². The summed E-state index contributed by atoms with van der Waals surface area (Å²) in [5.41, 5.74) is -0.195. The van der Waals surface area contributed by atoms with Crippen LogP contribution in [0.3, 0.4) is 0 Å². The molecule has 0 aliphatic rings. The van der Waals surface area contributed by atoms with E-state index in [1.54, 1.807) is 26.1 Å². The second-order valence-electron chi connectivity index (χ2n) is 5.34. The van der Waals surface area contributed by atoms with Crippen molar-refractivity contribution in [1.82, 2.24) is 19.9 Å². The van der Waals surface area contributed by atoms with Gasteiger partial charge < -0.3 is 4.74 Å². The number of hydrogen-bond donors (Lipinski definition) is 2. The maximum atomic E-state index is 12.9. The van der Waals surface area contributed by atoms with Crippen LogP contribution in [-0.2, 0) is 6.18 Å². The van der Waals surface area contributed by atoms with Crippen molar-refractivity contribution in [1.29, 1.82) is 0 Å². The van der Waals surface area contributed by atoms with Crippen LogP contribution < -0.4 is 9.46 Å². The van der Waals surface area contributed by atoms with Crippen molar-refractivity contribution < 1.29 is 17.9 Å². The van der Waals surface area contributed by atoms with Crippen LogP contribution in [0.15, 0.2) is 47.4 Å². The fraction of sp³-hybridized carbons (Fsp3) is 0.176. The van der Waals surface area contributed by atoms with Crippen LogP contribution in [0, 0.1) is 6.92 Å². The molecular formula is C17H15F3N4OS. The smallest absolute Gasteiger partial charge is 0.416 e. The van der Waals surface area contributed by atoms with E-state index in [0.717, 1.165) is 17.0 Å². The molecule has 5 nitrogen and oxygen atoms in total. The summed E-state index contributed by atoms with van der Waals surface area (Å²) < 4.78 is 47.4. The Bertz CT molecular complexity index is 911. The number of aromatic amines is 1. The second kappa shape index (κ2) is 7.38. The Balaban J connectivity index is 1.99. The topological polar surface area (TPSA) is 62.8 Å². The zero-order valence-electron chi connectivity index (χ0n) is 13.9. The summed E-state index contributed by atoms with van der Waals surface area (Å²) in [5.74, 6) is 1.48. The molecule has 3 aromatic rings. The molecule has 1 aromatic heterocycles. The van der Waals surface area contributed by atoms with Gasteiger partial charge in [0.15, 0.2) is 5.82 Å². The molecule has 0 spiro atoms. The number of nitrogens with zero attached hydrogens (tertiary/aromatic N) is 2. The highest BCUT2D eigenvalue weighted by Gasteiger charge is 2.30. The van der Waals surface area contributed by atoms with Gasteiger partial charge in [-0.15, -0.1) is 0 Å². The molecule has 9 heteroatoms. The quantitative estimate of drug-likeness (QED) is 0.622. The minimum Gasteiger partial charge on any atom is -0.457 e. The molecule has 0 unspecified atom stereocenters. The van der Waals surface area contributed by atoms with E-state index in [1.807, 2.05) is 6.07 Å². The Morgan fingerprint density at radius 2 is 1.96 bits per heavy atom. The van der Waals surface area contributed by atoms with Crippen LogP contribution in [-0.4, -0.2) is 22.2 Å². The first-order valence-corrected chi connectivity index (χ1v) is 8.40. The monoisotopic (exact) mass is 380 g/mol. The molecule has 2 N–H and O–H groups in total. The third kappa shape index (κ3) is 4.17. The lowest BCUT2D eigenvalue weighted by Crippen LogP contribution is -2.04. The Kier molecular flexibility index (Phi) is 5.19. The van der Waals surface area contributed by atoms with Crippen LogP contribution >= 0.6 is 11.9 Å². The number of benzene rings is 2. The first-order chi connectivity index (χ1) is 12.4. The lowest BCUT2D eigenvalue weighted by Gasteiger charge is -2.13. The van der Waals surface area contributed by atoms with Crippen molar-refractivity contribution >= 4 is 11.9 Å². The minimum absolute atomic E-state index is 0.0855. The van der Waals surface area contributed by atoms with Gasteiger partial charge in [0, 0.05) is 4.90 Å². The summed E-state index contributed by atoms with van der Waals surface area (Å²) >= 11 is 1.39. The largest absolute Gasteiger partial charge is 0.457 e. The predicted molar refractivity (Wildman–Crippen MR) is 93.0 cm³/mol. The maximum absolute atomic E-state index is 12.9. The van der Waals surface area contributed by atoms with E-state index in [2.05, 4.69) is 19.9 Å². The fourth-order valence-corrected chi connectivity index (χ4v) is 2.83. The van der Waals surface area contributed by atoms with Gasteiger partial charge in [0.25, 0.3) is 0 Å². The van der Waals surface area contributed by atoms with Gasteiger partial charge in [-0.25, -0.2) is 4.98 Å². The molecule has 0 radical (unpaired) electrons. The van der Waals surface area contributed by atoms with Crippen molar-refractivity contribution in [3.63, 3.8) is 0 Å². The van der Waals surface area contributed by atoms with E-state index in [-0.39, 0.29) is 5.75 Å². The summed E-state index contributed by atoms with van der Waals surface area (Å²) in [6, 6.07) is 10.0. The number of nitrogens with one attached hydrogen (secondary N) is 2. The summed E-state index contributed by atoms with van der Waals surface area (Å²) in [6.07, 6.45) is -4.43. The molecule has 0 fully saturated rings. The third-order valence-corrected chi connectivity index (χ3v) is 4.09. The van der Waals surface area contributed by atoms with E-state index in [1.165, 1.54) is 24.1 Å². The van der Waals surface area contributed by atoms with E-state index in [9.17, 15) is 13.2 Å². The van der Waals surface area contributed by atoms with Gasteiger partial charge in [0.2, 0.25) is 0 Å². The Morgan fingerprint density at radius 1 is 1.15 bits per heavy atom. The molecule has 0 saturated carbocycles. The summed E-state index contributed by atoms with van der Waals surface area (Å²) in [4.78, 5) is 5.18. The van der Waals surface area contributed by atoms with E-state index >= 15 is 0 Å². The number of aryl methyl sites for hydroxylation is 1. The van der Waals surface area contributed by atoms with Crippen LogP contribution in [0.25, 0.3) is 11.4 Å². The Labute approximate surface area is 152 Å². The number of rotatable bonds is 5. The Morgan fingerprint density at radius 3 is 2.62 bits per heavy atom. The molecule has 0 saturated heterocycles. The van der Waals surface area contributed by atoms with E-state index < -0.39 is 11.7 Å². The molecule has 0 atom stereocenters. The minimum atomic E-state index is -4.43. The lowest BCUT2D eigenvalue weighted by atomic mass is 10.1. The van der Waals surface area contributed by atoms with Crippen molar-refractivity contribution in [3.05, 3.63) is 53.9 Å². The Hall–Kier alpha value is -2.52. The van der Waals surface area contributed by atoms with Crippen molar-refractivity contribution in [2.75, 3.05) is 7.05 Å². The highest BCUT2D eigenvalue weighted by atomic mass is 32.2. The molecule has 0 amide bonds. The van der Waals surface area contributed by atoms with Gasteiger partial charge in [-0.3, -0.25) is 9.82 Å². The molecule has 136 valence electrons. The molecular weight excluding hydrogens is 365 g/mol. The highest BCUT2D eigenvalue weighted by Crippen LogP contribution is 2.37. The standard InChI is InChI=1S/C17H15F3N4OS/c1-10-22-16(24-23-10)14-9-13(26-21-2)6-7-15(14)25-12-5-3-4-11(8-12)17(18,19)20/h3-9,21H,1-2H3,(H,22,23,24). The zero-order chi connectivity index (χ0) is 18.7. The third-order valence-electron chi connectivity index (χ3n) is 3.40. The maximum Gasteiger partial charge on any atom is 0.416 e. The van der Waals surface area contributed by atoms with Crippen molar-refractivity contribution in [2.24, 2.45) is 0 Å². The molecule has 3 rings (SSSR count). The molecule has 1 heterocycles. The average Bonchev–Trinajstić information content (AvgIpc) is 3.02.